The van der Waals surface area contributed by atoms with Crippen molar-refractivity contribution in [3.8, 4) is 0 Å². The zero-order valence-electron chi connectivity index (χ0n) is 16.1. The van der Waals surface area contributed by atoms with Crippen LogP contribution in [-0.4, -0.2) is 25.1 Å². The van der Waals surface area contributed by atoms with E-state index in [2.05, 4.69) is 31.4 Å². The molecule has 27 heavy (non-hydrogen) atoms. The maximum atomic E-state index is 12.4. The number of amides is 1. The predicted octanol–water partition coefficient (Wildman–Crippen LogP) is 5.25. The average molecular weight is 426 g/mol. The van der Waals surface area contributed by atoms with E-state index < -0.39 is 0 Å². The maximum absolute atomic E-state index is 12.4. The molecule has 1 amide bonds. The first-order chi connectivity index (χ1) is 12.1. The fourth-order valence-electron chi connectivity index (χ4n) is 2.33. The highest BCUT2D eigenvalue weighted by Gasteiger charge is 2.15. The first kappa shape index (κ1) is 23.2. The summed E-state index contributed by atoms with van der Waals surface area (Å²) in [4.78, 5) is 14.3. The third kappa shape index (κ3) is 6.38. The molecular weight excluding hydrogens is 401 g/mol. The van der Waals surface area contributed by atoms with E-state index in [-0.39, 0.29) is 28.8 Å². The van der Waals surface area contributed by atoms with Gasteiger partial charge in [0.05, 0.1) is 10.7 Å². The third-order valence-electron chi connectivity index (χ3n) is 3.96. The van der Waals surface area contributed by atoms with Crippen LogP contribution in [0.3, 0.4) is 0 Å². The van der Waals surface area contributed by atoms with Gasteiger partial charge in [-0.3, -0.25) is 10.1 Å². The molecule has 0 bridgehead atoms. The van der Waals surface area contributed by atoms with E-state index in [0.717, 1.165) is 5.69 Å². The van der Waals surface area contributed by atoms with Gasteiger partial charge < -0.3 is 10.2 Å². The molecule has 2 N–H and O–H groups in total. The molecule has 0 aliphatic heterocycles. The number of carbonyl (C=O) groups is 1. The zero-order valence-corrected chi connectivity index (χ0v) is 18.5. The van der Waals surface area contributed by atoms with Crippen molar-refractivity contribution in [1.82, 2.24) is 5.32 Å². The monoisotopic (exact) mass is 425 g/mol. The molecule has 0 spiro atoms. The Labute approximate surface area is 177 Å². The summed E-state index contributed by atoms with van der Waals surface area (Å²) in [5.41, 5.74) is 3.39. The average Bonchev–Trinajstić information content (AvgIpc) is 2.55. The van der Waals surface area contributed by atoms with Crippen molar-refractivity contribution in [2.24, 2.45) is 0 Å². The second-order valence-corrected chi connectivity index (χ2v) is 8.11. The molecule has 0 aromatic heterocycles. The fraction of sp³-hybridized carbons (Fsp3) is 0.300. The summed E-state index contributed by atoms with van der Waals surface area (Å²) in [6.45, 7) is 6.39. The summed E-state index contributed by atoms with van der Waals surface area (Å²) < 4.78 is 0. The molecular formula is C20H25Cl2N3OS. The van der Waals surface area contributed by atoms with Gasteiger partial charge in [-0.05, 0) is 53.5 Å². The van der Waals surface area contributed by atoms with E-state index >= 15 is 0 Å². The first-order valence-electron chi connectivity index (χ1n) is 8.27. The zero-order chi connectivity index (χ0) is 19.5. The highest BCUT2D eigenvalue weighted by atomic mass is 35.5. The number of benzene rings is 2. The summed E-state index contributed by atoms with van der Waals surface area (Å²) in [6, 6.07) is 13.1. The number of nitrogens with zero attached hydrogens (tertiary/aromatic N) is 1. The van der Waals surface area contributed by atoms with Crippen LogP contribution in [0.25, 0.3) is 0 Å². The van der Waals surface area contributed by atoms with Crippen molar-refractivity contribution in [3.05, 3.63) is 58.6 Å². The van der Waals surface area contributed by atoms with Gasteiger partial charge in [0.1, 0.15) is 0 Å². The van der Waals surface area contributed by atoms with Crippen molar-refractivity contribution < 1.29 is 4.79 Å². The number of rotatable bonds is 3. The van der Waals surface area contributed by atoms with Crippen LogP contribution in [0.15, 0.2) is 42.5 Å². The molecule has 0 unspecified atom stereocenters. The van der Waals surface area contributed by atoms with Crippen LogP contribution in [0.4, 0.5) is 11.4 Å². The van der Waals surface area contributed by atoms with Gasteiger partial charge >= 0.3 is 0 Å². The van der Waals surface area contributed by atoms with E-state index in [1.165, 1.54) is 5.56 Å². The maximum Gasteiger partial charge on any atom is 0.257 e. The second-order valence-electron chi connectivity index (χ2n) is 7.29. The Bertz CT molecular complexity index is 815. The van der Waals surface area contributed by atoms with Crippen molar-refractivity contribution >= 4 is 58.6 Å². The number of anilines is 2. The molecule has 2 aromatic rings. The lowest BCUT2D eigenvalue weighted by Crippen LogP contribution is -2.34. The summed E-state index contributed by atoms with van der Waals surface area (Å²) in [6.07, 6.45) is 0. The standard InChI is InChI=1S/C20H24ClN3OS.ClH/c1-20(2,3)14-8-6-13(7-9-14)18(25)23-19(26)22-17-11-10-15(24(4)5)12-16(17)21;/h6-12H,1-5H3,(H2,22,23,25,26);1H. The summed E-state index contributed by atoms with van der Waals surface area (Å²) >= 11 is 11.5. The number of hydrogen-bond acceptors (Lipinski definition) is 3. The summed E-state index contributed by atoms with van der Waals surface area (Å²) in [5, 5.41) is 6.37. The minimum absolute atomic E-state index is 0. The van der Waals surface area contributed by atoms with Gasteiger partial charge in [-0.15, -0.1) is 12.4 Å². The molecule has 0 radical (unpaired) electrons. The Balaban J connectivity index is 0.00000364. The second kappa shape index (κ2) is 9.40. The topological polar surface area (TPSA) is 44.4 Å². The number of hydrogen-bond donors (Lipinski definition) is 2. The molecule has 146 valence electrons. The van der Waals surface area contributed by atoms with E-state index in [0.29, 0.717) is 16.3 Å². The molecule has 0 heterocycles. The van der Waals surface area contributed by atoms with Gasteiger partial charge in [0.2, 0.25) is 0 Å². The Kier molecular flexibility index (Phi) is 8.08. The quantitative estimate of drug-likeness (QED) is 0.658. The van der Waals surface area contributed by atoms with Crippen molar-refractivity contribution in [2.45, 2.75) is 26.2 Å². The van der Waals surface area contributed by atoms with Gasteiger partial charge in [0.15, 0.2) is 5.11 Å². The van der Waals surface area contributed by atoms with Crippen LogP contribution in [0.2, 0.25) is 5.02 Å². The van der Waals surface area contributed by atoms with E-state index in [9.17, 15) is 4.79 Å². The van der Waals surface area contributed by atoms with Crippen LogP contribution in [-0.2, 0) is 5.41 Å². The SMILES string of the molecule is CN(C)c1ccc(NC(=S)NC(=O)c2ccc(C(C)(C)C)cc2)c(Cl)c1.Cl. The van der Waals surface area contributed by atoms with Crippen LogP contribution < -0.4 is 15.5 Å². The van der Waals surface area contributed by atoms with E-state index in [4.69, 9.17) is 23.8 Å². The highest BCUT2D eigenvalue weighted by Crippen LogP contribution is 2.26. The predicted molar refractivity (Wildman–Crippen MR) is 122 cm³/mol. The summed E-state index contributed by atoms with van der Waals surface area (Å²) in [5.74, 6) is -0.260. The molecule has 0 aliphatic rings. The van der Waals surface area contributed by atoms with Crippen molar-refractivity contribution in [1.29, 1.82) is 0 Å². The lowest BCUT2D eigenvalue weighted by atomic mass is 9.87. The fourth-order valence-corrected chi connectivity index (χ4v) is 2.76. The van der Waals surface area contributed by atoms with Crippen molar-refractivity contribution in [2.75, 3.05) is 24.3 Å². The molecule has 0 saturated carbocycles. The van der Waals surface area contributed by atoms with E-state index in [1.807, 2.05) is 49.3 Å². The summed E-state index contributed by atoms with van der Waals surface area (Å²) in [7, 11) is 3.88. The minimum Gasteiger partial charge on any atom is -0.378 e. The van der Waals surface area contributed by atoms with Crippen LogP contribution >= 0.6 is 36.2 Å². The lowest BCUT2D eigenvalue weighted by Gasteiger charge is -2.19. The highest BCUT2D eigenvalue weighted by molar-refractivity contribution is 7.80. The molecule has 0 atom stereocenters. The minimum atomic E-state index is -0.260. The Morgan fingerprint density at radius 1 is 1.07 bits per heavy atom. The number of thiocarbonyl (C=S) groups is 1. The lowest BCUT2D eigenvalue weighted by molar-refractivity contribution is 0.0977. The molecule has 0 saturated heterocycles. The van der Waals surface area contributed by atoms with Gasteiger partial charge in [-0.2, -0.15) is 0 Å². The number of nitrogens with one attached hydrogen (secondary N) is 2. The van der Waals surface area contributed by atoms with Crippen LogP contribution in [0, 0.1) is 0 Å². The van der Waals surface area contributed by atoms with Gasteiger partial charge in [-0.25, -0.2) is 0 Å². The number of halogens is 2. The number of carbonyl (C=O) groups excluding carboxylic acids is 1. The molecule has 2 rings (SSSR count). The molecule has 0 aliphatic carbocycles. The van der Waals surface area contributed by atoms with Crippen molar-refractivity contribution in [3.63, 3.8) is 0 Å². The van der Waals surface area contributed by atoms with Crippen LogP contribution in [0.5, 0.6) is 0 Å². The molecule has 4 nitrogen and oxygen atoms in total. The van der Waals surface area contributed by atoms with Gasteiger partial charge in [-0.1, -0.05) is 44.5 Å². The normalized spacial score (nSPS) is 10.6. The van der Waals surface area contributed by atoms with Gasteiger partial charge in [0, 0.05) is 25.3 Å². The smallest absolute Gasteiger partial charge is 0.257 e. The third-order valence-corrected chi connectivity index (χ3v) is 4.47. The van der Waals surface area contributed by atoms with E-state index in [1.54, 1.807) is 12.1 Å². The van der Waals surface area contributed by atoms with Gasteiger partial charge in [0.25, 0.3) is 5.91 Å². The molecule has 2 aromatic carbocycles. The molecule has 7 heteroatoms. The Morgan fingerprint density at radius 3 is 2.15 bits per heavy atom. The Hall–Kier alpha value is -1.82. The largest absolute Gasteiger partial charge is 0.378 e. The molecule has 0 fully saturated rings. The first-order valence-corrected chi connectivity index (χ1v) is 9.06. The van der Waals surface area contributed by atoms with Crippen LogP contribution in [0.1, 0.15) is 36.7 Å². The Morgan fingerprint density at radius 2 is 1.67 bits per heavy atom.